The molecule has 0 aromatic carbocycles. The molecule has 0 radical (unpaired) electrons. The monoisotopic (exact) mass is 598 g/mol. The standard InChI is InChI=1S/C23H42N12O5S/c1-41-9-6-16(33-18(36)14(24)4-2-7-30-22(25)26)20(38)34-15(5-3-8-31-23(27)28)19(37)35-17(21(39)40)10-13-11-29-12-32-13/h11-12,14-17H,2-10,24H2,1H3,(H,29,32)(H,33,36)(H,34,38)(H,35,37)(H,39,40)(H4,25,26,30)(H4,27,28,31)/t14-,15-,16-,17-/m0/s1. The number of guanidine groups is 2. The minimum atomic E-state index is -1.29. The van der Waals surface area contributed by atoms with E-state index in [1.54, 1.807) is 0 Å². The summed E-state index contributed by atoms with van der Waals surface area (Å²) in [5, 5.41) is 17.4. The van der Waals surface area contributed by atoms with Crippen molar-refractivity contribution in [3.8, 4) is 0 Å². The van der Waals surface area contributed by atoms with Gasteiger partial charge in [-0.15, -0.1) is 0 Å². The zero-order chi connectivity index (χ0) is 30.8. The Bertz CT molecular complexity index is 1030. The maximum atomic E-state index is 13.3. The molecular weight excluding hydrogens is 556 g/mol. The number of hydrogen-bond acceptors (Lipinski definition) is 9. The molecule has 0 aliphatic carbocycles. The minimum Gasteiger partial charge on any atom is -0.480 e. The molecule has 17 nitrogen and oxygen atoms in total. The van der Waals surface area contributed by atoms with E-state index in [0.717, 1.165) is 0 Å². The van der Waals surface area contributed by atoms with Crippen molar-refractivity contribution in [1.82, 2.24) is 25.9 Å². The molecule has 1 rings (SSSR count). The molecule has 41 heavy (non-hydrogen) atoms. The molecule has 0 aliphatic heterocycles. The van der Waals surface area contributed by atoms with Gasteiger partial charge in [0.1, 0.15) is 18.1 Å². The summed E-state index contributed by atoms with van der Waals surface area (Å²) < 4.78 is 0. The van der Waals surface area contributed by atoms with Crippen LogP contribution < -0.4 is 44.6 Å². The summed E-state index contributed by atoms with van der Waals surface area (Å²) in [4.78, 5) is 65.3. The van der Waals surface area contributed by atoms with Gasteiger partial charge >= 0.3 is 5.97 Å². The second-order valence-electron chi connectivity index (χ2n) is 9.09. The van der Waals surface area contributed by atoms with Crippen molar-refractivity contribution < 1.29 is 24.3 Å². The van der Waals surface area contributed by atoms with E-state index in [1.165, 1.54) is 24.3 Å². The number of amides is 3. The Morgan fingerprint density at radius 3 is 1.95 bits per heavy atom. The van der Waals surface area contributed by atoms with E-state index in [9.17, 15) is 24.3 Å². The molecule has 0 saturated carbocycles. The van der Waals surface area contributed by atoms with Crippen LogP contribution in [0.15, 0.2) is 22.5 Å². The topological polar surface area (TPSA) is 308 Å². The number of aliphatic imine (C=N–C) groups is 2. The third kappa shape index (κ3) is 14.8. The number of aromatic nitrogens is 2. The number of imidazole rings is 1. The number of aliphatic carboxylic acids is 1. The fraction of sp³-hybridized carbons (Fsp3) is 0.609. The summed E-state index contributed by atoms with van der Waals surface area (Å²) in [6.07, 6.45) is 6.02. The maximum absolute atomic E-state index is 13.3. The molecule has 0 fully saturated rings. The highest BCUT2D eigenvalue weighted by Crippen LogP contribution is 2.07. The summed E-state index contributed by atoms with van der Waals surface area (Å²) in [6, 6.07) is -4.33. The van der Waals surface area contributed by atoms with E-state index in [4.69, 9.17) is 28.7 Å². The molecule has 230 valence electrons. The Morgan fingerprint density at radius 2 is 1.44 bits per heavy atom. The molecule has 0 unspecified atom stereocenters. The smallest absolute Gasteiger partial charge is 0.326 e. The van der Waals surface area contributed by atoms with E-state index >= 15 is 0 Å². The van der Waals surface area contributed by atoms with Crippen molar-refractivity contribution in [3.63, 3.8) is 0 Å². The van der Waals surface area contributed by atoms with E-state index in [0.29, 0.717) is 30.8 Å². The number of thioether (sulfide) groups is 1. The Balaban J connectivity index is 2.97. The highest BCUT2D eigenvalue weighted by Gasteiger charge is 2.30. The van der Waals surface area contributed by atoms with Crippen LogP contribution in [0, 0.1) is 0 Å². The highest BCUT2D eigenvalue weighted by atomic mass is 32.2. The van der Waals surface area contributed by atoms with Crippen molar-refractivity contribution in [1.29, 1.82) is 0 Å². The number of nitrogens with zero attached hydrogens (tertiary/aromatic N) is 3. The van der Waals surface area contributed by atoms with Crippen LogP contribution in [0.25, 0.3) is 0 Å². The Hall–Kier alpha value is -4.06. The molecule has 0 spiro atoms. The lowest BCUT2D eigenvalue weighted by Crippen LogP contribution is -2.57. The maximum Gasteiger partial charge on any atom is 0.326 e. The molecule has 1 aromatic heterocycles. The molecule has 0 bridgehead atoms. The summed E-state index contributed by atoms with van der Waals surface area (Å²) >= 11 is 1.47. The molecule has 15 N–H and O–H groups in total. The fourth-order valence-corrected chi connectivity index (χ4v) is 4.04. The van der Waals surface area contributed by atoms with E-state index in [-0.39, 0.29) is 44.1 Å². The van der Waals surface area contributed by atoms with Crippen LogP contribution in [0.4, 0.5) is 0 Å². The number of nitrogens with one attached hydrogen (secondary N) is 4. The van der Waals surface area contributed by atoms with Crippen LogP contribution in [0.5, 0.6) is 0 Å². The normalized spacial score (nSPS) is 13.6. The summed E-state index contributed by atoms with van der Waals surface area (Å²) in [5.41, 5.74) is 27.8. The number of nitrogens with two attached hydrogens (primary N) is 5. The SMILES string of the molecule is CSCC[C@H](NC(=O)[C@@H](N)CCCN=C(N)N)C(=O)N[C@@H](CCCN=C(N)N)C(=O)N[C@@H](Cc1cnc[nH]1)C(=O)O. The number of hydrogen-bond donors (Lipinski definition) is 10. The Labute approximate surface area is 242 Å². The van der Waals surface area contributed by atoms with Crippen LogP contribution >= 0.6 is 11.8 Å². The molecule has 1 heterocycles. The van der Waals surface area contributed by atoms with E-state index < -0.39 is 47.9 Å². The summed E-state index contributed by atoms with van der Waals surface area (Å²) in [6.45, 7) is 0.480. The minimum absolute atomic E-state index is 0.0524. The molecule has 0 saturated heterocycles. The van der Waals surface area contributed by atoms with Crippen molar-refractivity contribution in [3.05, 3.63) is 18.2 Å². The highest BCUT2D eigenvalue weighted by molar-refractivity contribution is 7.98. The number of aromatic amines is 1. The van der Waals surface area contributed by atoms with Gasteiger partial charge in [0.2, 0.25) is 17.7 Å². The second-order valence-corrected chi connectivity index (χ2v) is 10.1. The Morgan fingerprint density at radius 1 is 0.902 bits per heavy atom. The van der Waals surface area contributed by atoms with Gasteiger partial charge < -0.3 is 54.7 Å². The quantitative estimate of drug-likeness (QED) is 0.0400. The van der Waals surface area contributed by atoms with Gasteiger partial charge in [0, 0.05) is 31.4 Å². The van der Waals surface area contributed by atoms with E-state index in [1.807, 2.05) is 6.26 Å². The van der Waals surface area contributed by atoms with Gasteiger partial charge in [-0.3, -0.25) is 24.4 Å². The van der Waals surface area contributed by atoms with Crippen molar-refractivity contribution in [2.24, 2.45) is 38.7 Å². The first-order valence-electron chi connectivity index (χ1n) is 12.9. The lowest BCUT2D eigenvalue weighted by molar-refractivity contribution is -0.142. The number of carbonyl (C=O) groups excluding carboxylic acids is 3. The molecular formula is C23H42N12O5S. The lowest BCUT2D eigenvalue weighted by atomic mass is 10.1. The van der Waals surface area contributed by atoms with Crippen LogP contribution in [0.1, 0.15) is 37.8 Å². The zero-order valence-electron chi connectivity index (χ0n) is 23.0. The number of carboxylic acid groups (broad SMARTS) is 1. The lowest BCUT2D eigenvalue weighted by Gasteiger charge is -2.25. The van der Waals surface area contributed by atoms with Gasteiger partial charge in [0.05, 0.1) is 12.4 Å². The van der Waals surface area contributed by atoms with Crippen LogP contribution in [0.3, 0.4) is 0 Å². The largest absolute Gasteiger partial charge is 0.480 e. The molecule has 0 aliphatic rings. The third-order valence-corrected chi connectivity index (χ3v) is 6.36. The molecule has 1 aromatic rings. The third-order valence-electron chi connectivity index (χ3n) is 5.72. The van der Waals surface area contributed by atoms with Gasteiger partial charge in [-0.1, -0.05) is 0 Å². The molecule has 3 amide bonds. The average molecular weight is 599 g/mol. The fourth-order valence-electron chi connectivity index (χ4n) is 3.57. The average Bonchev–Trinajstić information content (AvgIpc) is 3.42. The summed E-state index contributed by atoms with van der Waals surface area (Å²) in [7, 11) is 0. The van der Waals surface area contributed by atoms with Crippen LogP contribution in [0.2, 0.25) is 0 Å². The first-order chi connectivity index (χ1) is 19.4. The van der Waals surface area contributed by atoms with Crippen molar-refractivity contribution in [2.75, 3.05) is 25.1 Å². The van der Waals surface area contributed by atoms with Crippen LogP contribution in [-0.4, -0.2) is 99.9 Å². The van der Waals surface area contributed by atoms with Crippen molar-refractivity contribution in [2.45, 2.75) is 62.7 Å². The molecule has 18 heteroatoms. The van der Waals surface area contributed by atoms with Crippen molar-refractivity contribution >= 4 is 47.4 Å². The zero-order valence-corrected chi connectivity index (χ0v) is 23.9. The number of rotatable bonds is 20. The van der Waals surface area contributed by atoms with Crippen LogP contribution in [-0.2, 0) is 25.6 Å². The first kappa shape index (κ1) is 35.0. The first-order valence-corrected chi connectivity index (χ1v) is 14.3. The summed E-state index contributed by atoms with van der Waals surface area (Å²) in [5.74, 6) is -2.82. The van der Waals surface area contributed by atoms with Gasteiger partial charge in [-0.05, 0) is 44.1 Å². The predicted molar refractivity (Wildman–Crippen MR) is 157 cm³/mol. The van der Waals surface area contributed by atoms with Gasteiger partial charge in [-0.25, -0.2) is 9.78 Å². The second kappa shape index (κ2) is 19.1. The number of carboxylic acids is 1. The van der Waals surface area contributed by atoms with E-state index in [2.05, 4.69) is 35.9 Å². The van der Waals surface area contributed by atoms with Gasteiger partial charge in [0.15, 0.2) is 11.9 Å². The van der Waals surface area contributed by atoms with Gasteiger partial charge in [0.25, 0.3) is 0 Å². The number of carbonyl (C=O) groups is 4. The Kier molecular flexibility index (Phi) is 16.3. The van der Waals surface area contributed by atoms with Gasteiger partial charge in [-0.2, -0.15) is 11.8 Å². The predicted octanol–water partition coefficient (Wildman–Crippen LogP) is -3.32. The number of H-pyrrole nitrogens is 1. The molecule has 4 atom stereocenters.